The van der Waals surface area contributed by atoms with E-state index in [-0.39, 0.29) is 16.9 Å². The van der Waals surface area contributed by atoms with Crippen LogP contribution in [0.5, 0.6) is 0 Å². The molecule has 106 valence electrons. The molecule has 20 heavy (non-hydrogen) atoms. The van der Waals surface area contributed by atoms with Gasteiger partial charge in [0.1, 0.15) is 5.82 Å². The van der Waals surface area contributed by atoms with Gasteiger partial charge in [0.25, 0.3) is 0 Å². The first-order chi connectivity index (χ1) is 9.61. The van der Waals surface area contributed by atoms with Crippen molar-refractivity contribution >= 4 is 11.6 Å². The van der Waals surface area contributed by atoms with Gasteiger partial charge in [-0.3, -0.25) is 4.98 Å². The molecule has 0 radical (unpaired) electrons. The molecule has 0 aliphatic heterocycles. The minimum absolute atomic E-state index is 0.0763. The van der Waals surface area contributed by atoms with Crippen molar-refractivity contribution in [3.05, 3.63) is 64.2 Å². The fraction of sp³-hybridized carbons (Fsp3) is 0.312. The van der Waals surface area contributed by atoms with E-state index < -0.39 is 0 Å². The third-order valence-electron chi connectivity index (χ3n) is 3.24. The van der Waals surface area contributed by atoms with E-state index in [4.69, 9.17) is 11.6 Å². The molecule has 1 atom stereocenters. The van der Waals surface area contributed by atoms with E-state index in [2.05, 4.69) is 10.3 Å². The molecule has 2 nitrogen and oxygen atoms in total. The molecule has 4 heteroatoms. The molecule has 0 saturated heterocycles. The Labute approximate surface area is 124 Å². The number of benzene rings is 1. The molecule has 2 aromatic rings. The molecule has 1 unspecified atom stereocenters. The number of hydrogen-bond acceptors (Lipinski definition) is 2. The SMILES string of the molecule is CCNC(Cc1cccc(F)c1Cl)c1ccc(C)nc1. The van der Waals surface area contributed by atoms with Crippen LogP contribution in [0, 0.1) is 12.7 Å². The average molecular weight is 293 g/mol. The Balaban J connectivity index is 2.25. The van der Waals surface area contributed by atoms with Crippen molar-refractivity contribution in [2.24, 2.45) is 0 Å². The van der Waals surface area contributed by atoms with E-state index in [1.165, 1.54) is 6.07 Å². The molecule has 1 aromatic carbocycles. The Morgan fingerprint density at radius 1 is 1.30 bits per heavy atom. The number of hydrogen-bond donors (Lipinski definition) is 1. The van der Waals surface area contributed by atoms with Crippen molar-refractivity contribution in [3.63, 3.8) is 0 Å². The van der Waals surface area contributed by atoms with E-state index in [0.717, 1.165) is 23.4 Å². The standard InChI is InChI=1S/C16H18ClFN2/c1-3-19-15(13-8-7-11(2)20-10-13)9-12-5-4-6-14(18)16(12)17/h4-8,10,15,19H,3,9H2,1-2H3. The summed E-state index contributed by atoms with van der Waals surface area (Å²) < 4.78 is 13.5. The van der Waals surface area contributed by atoms with Gasteiger partial charge in [0.05, 0.1) is 5.02 Å². The normalized spacial score (nSPS) is 12.4. The molecule has 0 amide bonds. The number of halogens is 2. The van der Waals surface area contributed by atoms with E-state index in [1.54, 1.807) is 6.07 Å². The Hall–Kier alpha value is -1.45. The van der Waals surface area contributed by atoms with Crippen LogP contribution < -0.4 is 5.32 Å². The van der Waals surface area contributed by atoms with Crippen LogP contribution in [0.1, 0.15) is 29.8 Å². The molecular weight excluding hydrogens is 275 g/mol. The molecule has 0 spiro atoms. The summed E-state index contributed by atoms with van der Waals surface area (Å²) in [6.07, 6.45) is 2.49. The maximum Gasteiger partial charge on any atom is 0.142 e. The van der Waals surface area contributed by atoms with Crippen LogP contribution in [0.3, 0.4) is 0 Å². The van der Waals surface area contributed by atoms with Crippen molar-refractivity contribution in [2.75, 3.05) is 6.54 Å². The Morgan fingerprint density at radius 3 is 2.75 bits per heavy atom. The minimum Gasteiger partial charge on any atom is -0.310 e. The third-order valence-corrected chi connectivity index (χ3v) is 3.67. The van der Waals surface area contributed by atoms with Gasteiger partial charge in [0, 0.05) is 17.9 Å². The average Bonchev–Trinajstić information content (AvgIpc) is 2.44. The van der Waals surface area contributed by atoms with Crippen LogP contribution in [-0.2, 0) is 6.42 Å². The Kier molecular flexibility index (Phi) is 5.10. The number of aryl methyl sites for hydroxylation is 1. The van der Waals surface area contributed by atoms with Gasteiger partial charge in [-0.15, -0.1) is 0 Å². The van der Waals surface area contributed by atoms with Gasteiger partial charge in [-0.1, -0.05) is 36.7 Å². The van der Waals surface area contributed by atoms with E-state index in [1.807, 2.05) is 38.2 Å². The van der Waals surface area contributed by atoms with Crippen molar-refractivity contribution in [3.8, 4) is 0 Å². The Bertz CT molecular complexity index is 569. The van der Waals surface area contributed by atoms with Crippen LogP contribution in [0.25, 0.3) is 0 Å². The fourth-order valence-corrected chi connectivity index (χ4v) is 2.37. The predicted octanol–water partition coefficient (Wildman–Crippen LogP) is 4.08. The summed E-state index contributed by atoms with van der Waals surface area (Å²) in [4.78, 5) is 4.32. The van der Waals surface area contributed by atoms with E-state index in [0.29, 0.717) is 6.42 Å². The molecule has 0 saturated carbocycles. The van der Waals surface area contributed by atoms with Gasteiger partial charge in [0.15, 0.2) is 0 Å². The molecule has 1 heterocycles. The minimum atomic E-state index is -0.374. The maximum absolute atomic E-state index is 13.5. The molecule has 1 aromatic heterocycles. The quantitative estimate of drug-likeness (QED) is 0.898. The van der Waals surface area contributed by atoms with Crippen molar-refractivity contribution < 1.29 is 4.39 Å². The third kappa shape index (κ3) is 3.56. The topological polar surface area (TPSA) is 24.9 Å². The summed E-state index contributed by atoms with van der Waals surface area (Å²) >= 11 is 6.03. The molecule has 1 N–H and O–H groups in total. The molecular formula is C16H18ClFN2. The largest absolute Gasteiger partial charge is 0.310 e. The first kappa shape index (κ1) is 14.9. The predicted molar refractivity (Wildman–Crippen MR) is 80.5 cm³/mol. The summed E-state index contributed by atoms with van der Waals surface area (Å²) in [7, 11) is 0. The summed E-state index contributed by atoms with van der Waals surface area (Å²) in [5, 5.41) is 3.60. The molecule has 0 fully saturated rings. The molecule has 0 aliphatic rings. The van der Waals surface area contributed by atoms with Crippen molar-refractivity contribution in [1.82, 2.24) is 10.3 Å². The van der Waals surface area contributed by atoms with E-state index >= 15 is 0 Å². The lowest BCUT2D eigenvalue weighted by Crippen LogP contribution is -2.23. The van der Waals surface area contributed by atoms with Crippen LogP contribution in [0.4, 0.5) is 4.39 Å². The van der Waals surface area contributed by atoms with E-state index in [9.17, 15) is 4.39 Å². The summed E-state index contributed by atoms with van der Waals surface area (Å²) in [6.45, 7) is 4.82. The van der Waals surface area contributed by atoms with Gasteiger partial charge in [-0.2, -0.15) is 0 Å². The zero-order chi connectivity index (χ0) is 14.5. The van der Waals surface area contributed by atoms with Gasteiger partial charge in [-0.05, 0) is 43.1 Å². The lowest BCUT2D eigenvalue weighted by Gasteiger charge is -2.19. The van der Waals surface area contributed by atoms with Gasteiger partial charge in [-0.25, -0.2) is 4.39 Å². The highest BCUT2D eigenvalue weighted by Crippen LogP contribution is 2.25. The van der Waals surface area contributed by atoms with Crippen LogP contribution >= 0.6 is 11.6 Å². The number of nitrogens with zero attached hydrogens (tertiary/aromatic N) is 1. The number of likely N-dealkylation sites (N-methyl/N-ethyl adjacent to an activating group) is 1. The fourth-order valence-electron chi connectivity index (χ4n) is 2.17. The van der Waals surface area contributed by atoms with Crippen molar-refractivity contribution in [2.45, 2.75) is 26.3 Å². The highest BCUT2D eigenvalue weighted by atomic mass is 35.5. The molecule has 0 aliphatic carbocycles. The van der Waals surface area contributed by atoms with Crippen LogP contribution in [-0.4, -0.2) is 11.5 Å². The molecule has 2 rings (SSSR count). The summed E-state index contributed by atoms with van der Waals surface area (Å²) in [6, 6.07) is 9.02. The van der Waals surface area contributed by atoms with Gasteiger partial charge in [0.2, 0.25) is 0 Å². The second-order valence-corrected chi connectivity index (χ2v) is 5.14. The number of nitrogens with one attached hydrogen (secondary N) is 1. The summed E-state index contributed by atoms with van der Waals surface area (Å²) in [5.41, 5.74) is 2.86. The highest BCUT2D eigenvalue weighted by molar-refractivity contribution is 6.31. The first-order valence-electron chi connectivity index (χ1n) is 6.70. The lowest BCUT2D eigenvalue weighted by molar-refractivity contribution is 0.545. The number of pyridine rings is 1. The molecule has 0 bridgehead atoms. The first-order valence-corrected chi connectivity index (χ1v) is 7.08. The smallest absolute Gasteiger partial charge is 0.142 e. The van der Waals surface area contributed by atoms with Crippen molar-refractivity contribution in [1.29, 1.82) is 0 Å². The van der Waals surface area contributed by atoms with Gasteiger partial charge < -0.3 is 5.32 Å². The number of aromatic nitrogens is 1. The second-order valence-electron chi connectivity index (χ2n) is 4.76. The zero-order valence-corrected chi connectivity index (χ0v) is 12.4. The zero-order valence-electron chi connectivity index (χ0n) is 11.7. The summed E-state index contributed by atoms with van der Waals surface area (Å²) in [5.74, 6) is -0.374. The lowest BCUT2D eigenvalue weighted by atomic mass is 9.99. The number of rotatable bonds is 5. The Morgan fingerprint density at radius 2 is 2.10 bits per heavy atom. The highest BCUT2D eigenvalue weighted by Gasteiger charge is 2.15. The van der Waals surface area contributed by atoms with Gasteiger partial charge >= 0.3 is 0 Å². The van der Waals surface area contributed by atoms with Crippen LogP contribution in [0.15, 0.2) is 36.5 Å². The maximum atomic E-state index is 13.5. The second kappa shape index (κ2) is 6.82. The monoisotopic (exact) mass is 292 g/mol. The van der Waals surface area contributed by atoms with Crippen LogP contribution in [0.2, 0.25) is 5.02 Å².